The highest BCUT2D eigenvalue weighted by Crippen LogP contribution is 2.29. The van der Waals surface area contributed by atoms with Crippen LogP contribution in [0.15, 0.2) is 60.7 Å². The Morgan fingerprint density at radius 1 is 1.00 bits per heavy atom. The Morgan fingerprint density at radius 3 is 2.35 bits per heavy atom. The number of methoxy groups -OCH3 is 1. The lowest BCUT2D eigenvalue weighted by Gasteiger charge is -2.19. The molecule has 3 rings (SSSR count). The quantitative estimate of drug-likeness (QED) is 0.387. The van der Waals surface area contributed by atoms with E-state index in [4.69, 9.17) is 9.47 Å². The number of pyridine rings is 1. The molecule has 7 heteroatoms. The van der Waals surface area contributed by atoms with E-state index in [2.05, 4.69) is 10.3 Å². The molecule has 1 aromatic heterocycles. The fourth-order valence-electron chi connectivity index (χ4n) is 3.23. The molecule has 176 valence electrons. The number of aromatic nitrogens is 1. The number of hydrogen-bond donors (Lipinski definition) is 1. The van der Waals surface area contributed by atoms with E-state index in [1.165, 1.54) is 13.2 Å². The molecule has 0 saturated heterocycles. The Bertz CT molecular complexity index is 1180. The van der Waals surface area contributed by atoms with E-state index >= 15 is 0 Å². The van der Waals surface area contributed by atoms with Crippen molar-refractivity contribution < 1.29 is 23.9 Å². The lowest BCUT2D eigenvalue weighted by Crippen LogP contribution is -2.32. The second-order valence-electron chi connectivity index (χ2n) is 8.97. The topological polar surface area (TPSA) is 94.6 Å². The second-order valence-corrected chi connectivity index (χ2v) is 8.97. The van der Waals surface area contributed by atoms with Crippen molar-refractivity contribution in [3.63, 3.8) is 0 Å². The Hall–Kier alpha value is -4.00. The minimum Gasteiger partial charge on any atom is -0.481 e. The summed E-state index contributed by atoms with van der Waals surface area (Å²) in [7, 11) is 1.45. The van der Waals surface area contributed by atoms with E-state index in [1.807, 2.05) is 51.1 Å². The van der Waals surface area contributed by atoms with Crippen LogP contribution in [0.2, 0.25) is 0 Å². The monoisotopic (exact) mass is 460 g/mol. The van der Waals surface area contributed by atoms with Gasteiger partial charge in [-0.1, -0.05) is 57.2 Å². The van der Waals surface area contributed by atoms with Crippen molar-refractivity contribution in [2.24, 2.45) is 5.41 Å². The number of carbonyl (C=O) groups is 3. The molecule has 0 aliphatic rings. The van der Waals surface area contributed by atoms with Gasteiger partial charge >= 0.3 is 5.97 Å². The number of benzene rings is 2. The highest BCUT2D eigenvalue weighted by Gasteiger charge is 2.21. The maximum Gasteiger partial charge on any atom is 0.339 e. The van der Waals surface area contributed by atoms with Gasteiger partial charge in [0.05, 0.1) is 12.7 Å². The number of nitrogens with one attached hydrogen (secondary N) is 1. The van der Waals surface area contributed by atoms with Crippen molar-refractivity contribution in [2.75, 3.05) is 13.7 Å². The fourth-order valence-corrected chi connectivity index (χ4v) is 3.23. The minimum atomic E-state index is -0.614. The average molecular weight is 461 g/mol. The summed E-state index contributed by atoms with van der Waals surface area (Å²) >= 11 is 0. The summed E-state index contributed by atoms with van der Waals surface area (Å²) in [5.41, 5.74) is 2.19. The Labute approximate surface area is 199 Å². The molecule has 0 fully saturated rings. The van der Waals surface area contributed by atoms with Crippen LogP contribution in [0.4, 0.5) is 0 Å². The number of amides is 1. The first-order valence-corrected chi connectivity index (χ1v) is 10.9. The fraction of sp³-hybridized carbons (Fsp3) is 0.259. The summed E-state index contributed by atoms with van der Waals surface area (Å²) in [6.45, 7) is 6.58. The zero-order chi connectivity index (χ0) is 24.7. The predicted octanol–water partition coefficient (Wildman–Crippen LogP) is 4.70. The molecule has 0 aliphatic carbocycles. The first-order valence-electron chi connectivity index (χ1n) is 10.9. The van der Waals surface area contributed by atoms with Gasteiger partial charge in [-0.25, -0.2) is 9.78 Å². The summed E-state index contributed by atoms with van der Waals surface area (Å²) in [5.74, 6) is -0.642. The predicted molar refractivity (Wildman–Crippen MR) is 129 cm³/mol. The summed E-state index contributed by atoms with van der Waals surface area (Å²) in [6, 6.07) is 17.3. The van der Waals surface area contributed by atoms with Gasteiger partial charge in [0, 0.05) is 23.7 Å². The van der Waals surface area contributed by atoms with Gasteiger partial charge in [-0.05, 0) is 34.7 Å². The van der Waals surface area contributed by atoms with E-state index in [0.29, 0.717) is 29.5 Å². The summed E-state index contributed by atoms with van der Waals surface area (Å²) in [4.78, 5) is 41.8. The number of carbonyl (C=O) groups excluding carboxylic acids is 3. The Kier molecular flexibility index (Phi) is 7.79. The van der Waals surface area contributed by atoms with Crippen LogP contribution >= 0.6 is 0 Å². The van der Waals surface area contributed by atoms with Crippen LogP contribution in [0, 0.1) is 5.41 Å². The van der Waals surface area contributed by atoms with Crippen LogP contribution in [0.1, 0.15) is 57.5 Å². The molecule has 0 radical (unpaired) electrons. The number of hydrogen-bond acceptors (Lipinski definition) is 6. The third-order valence-electron chi connectivity index (χ3n) is 5.00. The third-order valence-corrected chi connectivity index (χ3v) is 5.00. The molecule has 0 unspecified atom stereocenters. The van der Waals surface area contributed by atoms with Gasteiger partial charge in [0.15, 0.2) is 6.29 Å². The number of nitrogens with zero attached hydrogens (tertiary/aromatic N) is 1. The highest BCUT2D eigenvalue weighted by atomic mass is 16.5. The van der Waals surface area contributed by atoms with E-state index in [0.717, 1.165) is 5.56 Å². The van der Waals surface area contributed by atoms with Gasteiger partial charge < -0.3 is 14.8 Å². The average Bonchev–Trinajstić information content (AvgIpc) is 2.85. The zero-order valence-corrected chi connectivity index (χ0v) is 19.8. The van der Waals surface area contributed by atoms with E-state index in [1.54, 1.807) is 24.3 Å². The van der Waals surface area contributed by atoms with Gasteiger partial charge in [0.1, 0.15) is 12.3 Å². The molecule has 0 saturated carbocycles. The molecule has 2 aromatic carbocycles. The van der Waals surface area contributed by atoms with Crippen LogP contribution in [0.25, 0.3) is 11.1 Å². The van der Waals surface area contributed by atoms with Crippen molar-refractivity contribution in [3.8, 4) is 17.0 Å². The summed E-state index contributed by atoms with van der Waals surface area (Å²) < 4.78 is 10.6. The van der Waals surface area contributed by atoms with Gasteiger partial charge in [-0.2, -0.15) is 0 Å². The lowest BCUT2D eigenvalue weighted by molar-refractivity contribution is 0.0473. The number of ether oxygens (including phenoxy) is 2. The third kappa shape index (κ3) is 6.28. The standard InChI is InChI=1S/C27H28N2O5/c1-27(2,3)17-28-25(31)19-10-11-20(21-12-13-24(33-4)29-23(21)15-30)22(14-19)26(32)34-16-18-8-6-5-7-9-18/h5-15H,16-17H2,1-4H3,(H,28,31). The molecule has 0 aliphatic heterocycles. The van der Waals surface area contributed by atoms with Gasteiger partial charge in [-0.3, -0.25) is 9.59 Å². The maximum atomic E-state index is 13.1. The Morgan fingerprint density at radius 2 is 1.71 bits per heavy atom. The van der Waals surface area contributed by atoms with Crippen molar-refractivity contribution in [3.05, 3.63) is 83.0 Å². The molecule has 7 nitrogen and oxygen atoms in total. The van der Waals surface area contributed by atoms with Crippen molar-refractivity contribution in [1.29, 1.82) is 0 Å². The molecule has 1 N–H and O–H groups in total. The number of aldehydes is 1. The number of esters is 1. The van der Waals surface area contributed by atoms with Crippen LogP contribution in [-0.2, 0) is 11.3 Å². The summed E-state index contributed by atoms with van der Waals surface area (Å²) in [5, 5.41) is 2.88. The molecular weight excluding hydrogens is 432 g/mol. The van der Waals surface area contributed by atoms with Crippen LogP contribution in [-0.4, -0.2) is 36.8 Å². The first-order chi connectivity index (χ1) is 16.2. The largest absolute Gasteiger partial charge is 0.481 e. The molecular formula is C27H28N2O5. The molecule has 0 bridgehead atoms. The molecule has 0 spiro atoms. The zero-order valence-electron chi connectivity index (χ0n) is 19.8. The van der Waals surface area contributed by atoms with Crippen molar-refractivity contribution >= 4 is 18.2 Å². The second kappa shape index (κ2) is 10.7. The number of rotatable bonds is 8. The van der Waals surface area contributed by atoms with Crippen LogP contribution in [0.3, 0.4) is 0 Å². The molecule has 3 aromatic rings. The first kappa shape index (κ1) is 24.6. The normalized spacial score (nSPS) is 10.9. The maximum absolute atomic E-state index is 13.1. The Balaban J connectivity index is 2.00. The van der Waals surface area contributed by atoms with Crippen molar-refractivity contribution in [2.45, 2.75) is 27.4 Å². The van der Waals surface area contributed by atoms with E-state index in [-0.39, 0.29) is 35.1 Å². The lowest BCUT2D eigenvalue weighted by atomic mass is 9.95. The van der Waals surface area contributed by atoms with E-state index in [9.17, 15) is 14.4 Å². The molecule has 1 heterocycles. The molecule has 34 heavy (non-hydrogen) atoms. The molecule has 1 amide bonds. The highest BCUT2D eigenvalue weighted by molar-refractivity contribution is 6.03. The van der Waals surface area contributed by atoms with Crippen LogP contribution in [0.5, 0.6) is 5.88 Å². The summed E-state index contributed by atoms with van der Waals surface area (Å²) in [6.07, 6.45) is 0.598. The van der Waals surface area contributed by atoms with E-state index < -0.39 is 5.97 Å². The van der Waals surface area contributed by atoms with Crippen molar-refractivity contribution in [1.82, 2.24) is 10.3 Å². The minimum absolute atomic E-state index is 0.0704. The SMILES string of the molecule is COc1ccc(-c2ccc(C(=O)NCC(C)(C)C)cc2C(=O)OCc2ccccc2)c(C=O)n1. The molecule has 0 atom stereocenters. The van der Waals surface area contributed by atoms with Gasteiger partial charge in [0.2, 0.25) is 5.88 Å². The van der Waals surface area contributed by atoms with Gasteiger partial charge in [0.25, 0.3) is 5.91 Å². The smallest absolute Gasteiger partial charge is 0.339 e. The van der Waals surface area contributed by atoms with Crippen LogP contribution < -0.4 is 10.1 Å². The van der Waals surface area contributed by atoms with Gasteiger partial charge in [-0.15, -0.1) is 0 Å².